The van der Waals surface area contributed by atoms with Crippen molar-refractivity contribution in [3.63, 3.8) is 0 Å². The number of rotatable bonds is 4. The normalized spacial score (nSPS) is 22.8. The Bertz CT molecular complexity index is 433. The molecule has 4 nitrogen and oxygen atoms in total. The first-order valence-corrected chi connectivity index (χ1v) is 6.80. The van der Waals surface area contributed by atoms with E-state index in [0.29, 0.717) is 23.8 Å². The van der Waals surface area contributed by atoms with Crippen LogP contribution in [-0.2, 0) is 4.74 Å². The standard InChI is InChI=1S/C15H21NO3/c1-18-15(17)12-7-3-5-9-14(12)19-13-8-4-2-6-11(13)10-16/h3,5,7,9,11,13H,2,4,6,8,10,16H2,1H3. The number of hydrogen-bond donors (Lipinski definition) is 1. The molecule has 0 bridgehead atoms. The lowest BCUT2D eigenvalue weighted by atomic mass is 9.86. The van der Waals surface area contributed by atoms with Crippen LogP contribution in [0.15, 0.2) is 24.3 Å². The maximum absolute atomic E-state index is 11.7. The molecule has 104 valence electrons. The summed E-state index contributed by atoms with van der Waals surface area (Å²) in [5, 5.41) is 0. The van der Waals surface area contributed by atoms with Crippen LogP contribution in [-0.4, -0.2) is 25.7 Å². The van der Waals surface area contributed by atoms with Gasteiger partial charge < -0.3 is 15.2 Å². The molecule has 0 radical (unpaired) electrons. The van der Waals surface area contributed by atoms with Crippen LogP contribution in [0.4, 0.5) is 0 Å². The Labute approximate surface area is 113 Å². The van der Waals surface area contributed by atoms with Crippen LogP contribution >= 0.6 is 0 Å². The van der Waals surface area contributed by atoms with Gasteiger partial charge in [0.05, 0.1) is 7.11 Å². The minimum atomic E-state index is -0.365. The molecule has 1 aromatic carbocycles. The lowest BCUT2D eigenvalue weighted by molar-refractivity contribution is 0.0579. The molecule has 1 aromatic rings. The highest BCUT2D eigenvalue weighted by Crippen LogP contribution is 2.29. The summed E-state index contributed by atoms with van der Waals surface area (Å²) in [6.45, 7) is 0.630. The Morgan fingerprint density at radius 2 is 2.05 bits per heavy atom. The number of carbonyl (C=O) groups is 1. The molecule has 19 heavy (non-hydrogen) atoms. The minimum Gasteiger partial charge on any atom is -0.489 e. The van der Waals surface area contributed by atoms with Crippen LogP contribution in [0.3, 0.4) is 0 Å². The van der Waals surface area contributed by atoms with Crippen LogP contribution < -0.4 is 10.5 Å². The van der Waals surface area contributed by atoms with Crippen molar-refractivity contribution >= 4 is 5.97 Å². The van der Waals surface area contributed by atoms with Crippen LogP contribution in [0, 0.1) is 5.92 Å². The van der Waals surface area contributed by atoms with Crippen molar-refractivity contribution in [2.75, 3.05) is 13.7 Å². The minimum absolute atomic E-state index is 0.101. The molecule has 2 N–H and O–H groups in total. The second-order valence-corrected chi connectivity index (χ2v) is 4.92. The van der Waals surface area contributed by atoms with E-state index in [-0.39, 0.29) is 12.1 Å². The van der Waals surface area contributed by atoms with E-state index in [9.17, 15) is 4.79 Å². The SMILES string of the molecule is COC(=O)c1ccccc1OC1CCCCC1CN. The molecule has 1 saturated carbocycles. The Balaban J connectivity index is 2.15. The van der Waals surface area contributed by atoms with Gasteiger partial charge in [0, 0.05) is 5.92 Å². The fraction of sp³-hybridized carbons (Fsp3) is 0.533. The number of nitrogens with two attached hydrogens (primary N) is 1. The number of hydrogen-bond acceptors (Lipinski definition) is 4. The summed E-state index contributed by atoms with van der Waals surface area (Å²) in [5.41, 5.74) is 6.28. The van der Waals surface area contributed by atoms with Gasteiger partial charge in [0.1, 0.15) is 17.4 Å². The fourth-order valence-corrected chi connectivity index (χ4v) is 2.61. The summed E-state index contributed by atoms with van der Waals surface area (Å²) in [6, 6.07) is 7.21. The van der Waals surface area contributed by atoms with Crippen molar-refractivity contribution in [1.82, 2.24) is 0 Å². The molecule has 2 rings (SSSR count). The third kappa shape index (κ3) is 3.26. The molecule has 1 aliphatic rings. The van der Waals surface area contributed by atoms with E-state index < -0.39 is 0 Å². The van der Waals surface area contributed by atoms with Crippen molar-refractivity contribution in [3.05, 3.63) is 29.8 Å². The van der Waals surface area contributed by atoms with E-state index in [0.717, 1.165) is 19.3 Å². The number of esters is 1. The molecule has 4 heteroatoms. The predicted molar refractivity (Wildman–Crippen MR) is 73.2 cm³/mol. The van der Waals surface area contributed by atoms with Gasteiger partial charge in [-0.25, -0.2) is 4.79 Å². The van der Waals surface area contributed by atoms with Gasteiger partial charge in [-0.1, -0.05) is 18.6 Å². The lowest BCUT2D eigenvalue weighted by Gasteiger charge is -2.31. The maximum Gasteiger partial charge on any atom is 0.341 e. The number of benzene rings is 1. The molecule has 0 heterocycles. The van der Waals surface area contributed by atoms with Gasteiger partial charge in [-0.2, -0.15) is 0 Å². The summed E-state index contributed by atoms with van der Waals surface area (Å²) in [6.07, 6.45) is 4.56. The lowest BCUT2D eigenvalue weighted by Crippen LogP contribution is -2.35. The van der Waals surface area contributed by atoms with Gasteiger partial charge in [0.2, 0.25) is 0 Å². The van der Waals surface area contributed by atoms with Crippen molar-refractivity contribution in [2.24, 2.45) is 11.7 Å². The van der Waals surface area contributed by atoms with E-state index in [4.69, 9.17) is 15.2 Å². The Morgan fingerprint density at radius 3 is 2.79 bits per heavy atom. The van der Waals surface area contributed by atoms with Gasteiger partial charge >= 0.3 is 5.97 Å². The van der Waals surface area contributed by atoms with E-state index in [1.807, 2.05) is 12.1 Å². The predicted octanol–water partition coefficient (Wildman–Crippen LogP) is 2.37. The maximum atomic E-state index is 11.7. The van der Waals surface area contributed by atoms with Crippen LogP contribution in [0.2, 0.25) is 0 Å². The van der Waals surface area contributed by atoms with Gasteiger partial charge in [0.25, 0.3) is 0 Å². The van der Waals surface area contributed by atoms with Crippen LogP contribution in [0.1, 0.15) is 36.0 Å². The molecule has 0 saturated heterocycles. The fourth-order valence-electron chi connectivity index (χ4n) is 2.61. The zero-order valence-corrected chi connectivity index (χ0v) is 11.3. The molecule has 2 atom stereocenters. The van der Waals surface area contributed by atoms with E-state index in [1.165, 1.54) is 13.5 Å². The molecular weight excluding hydrogens is 242 g/mol. The third-order valence-corrected chi connectivity index (χ3v) is 3.71. The number of para-hydroxylation sites is 1. The second-order valence-electron chi connectivity index (χ2n) is 4.92. The summed E-state index contributed by atoms with van der Waals surface area (Å²) in [5.74, 6) is 0.606. The summed E-state index contributed by atoms with van der Waals surface area (Å²) in [4.78, 5) is 11.7. The molecule has 2 unspecified atom stereocenters. The first-order chi connectivity index (χ1) is 9.26. The van der Waals surface area contributed by atoms with Crippen molar-refractivity contribution < 1.29 is 14.3 Å². The van der Waals surface area contributed by atoms with E-state index >= 15 is 0 Å². The largest absolute Gasteiger partial charge is 0.489 e. The summed E-state index contributed by atoms with van der Waals surface area (Å²) >= 11 is 0. The topological polar surface area (TPSA) is 61.5 Å². The van der Waals surface area contributed by atoms with E-state index in [1.54, 1.807) is 12.1 Å². The van der Waals surface area contributed by atoms with Gasteiger partial charge in [0.15, 0.2) is 0 Å². The summed E-state index contributed by atoms with van der Waals surface area (Å²) in [7, 11) is 1.38. The smallest absolute Gasteiger partial charge is 0.341 e. The molecule has 1 aliphatic carbocycles. The number of ether oxygens (including phenoxy) is 2. The van der Waals surface area contributed by atoms with Gasteiger partial charge in [-0.3, -0.25) is 0 Å². The Hall–Kier alpha value is -1.55. The van der Waals surface area contributed by atoms with Gasteiger partial charge in [-0.05, 0) is 37.9 Å². The van der Waals surface area contributed by atoms with Crippen molar-refractivity contribution in [3.8, 4) is 5.75 Å². The quantitative estimate of drug-likeness (QED) is 0.847. The average molecular weight is 263 g/mol. The van der Waals surface area contributed by atoms with E-state index in [2.05, 4.69) is 0 Å². The van der Waals surface area contributed by atoms with Crippen LogP contribution in [0.5, 0.6) is 5.75 Å². The summed E-state index contributed by atoms with van der Waals surface area (Å²) < 4.78 is 10.8. The zero-order chi connectivity index (χ0) is 13.7. The first-order valence-electron chi connectivity index (χ1n) is 6.80. The Kier molecular flexibility index (Phi) is 4.80. The number of carbonyl (C=O) groups excluding carboxylic acids is 1. The average Bonchev–Trinajstić information content (AvgIpc) is 2.47. The highest BCUT2D eigenvalue weighted by atomic mass is 16.5. The van der Waals surface area contributed by atoms with Crippen LogP contribution in [0.25, 0.3) is 0 Å². The van der Waals surface area contributed by atoms with Crippen molar-refractivity contribution in [1.29, 1.82) is 0 Å². The molecular formula is C15H21NO3. The molecule has 1 fully saturated rings. The van der Waals surface area contributed by atoms with Gasteiger partial charge in [-0.15, -0.1) is 0 Å². The van der Waals surface area contributed by atoms with Crippen molar-refractivity contribution in [2.45, 2.75) is 31.8 Å². The Morgan fingerprint density at radius 1 is 1.32 bits per heavy atom. The first kappa shape index (κ1) is 13.9. The highest BCUT2D eigenvalue weighted by Gasteiger charge is 2.26. The monoisotopic (exact) mass is 263 g/mol. The molecule has 0 spiro atoms. The molecule has 0 amide bonds. The number of methoxy groups -OCH3 is 1. The second kappa shape index (κ2) is 6.57. The molecule has 0 aromatic heterocycles. The zero-order valence-electron chi connectivity index (χ0n) is 11.3. The molecule has 0 aliphatic heterocycles. The highest BCUT2D eigenvalue weighted by molar-refractivity contribution is 5.92. The third-order valence-electron chi connectivity index (χ3n) is 3.71.